The molecule has 2 aromatic rings. The lowest BCUT2D eigenvalue weighted by Crippen LogP contribution is -1.92. The number of hydrogen-bond acceptors (Lipinski definition) is 4. The van der Waals surface area contributed by atoms with Crippen molar-refractivity contribution in [1.82, 2.24) is 4.98 Å². The number of aldehydes is 1. The predicted molar refractivity (Wildman–Crippen MR) is 58.5 cm³/mol. The maximum Gasteiger partial charge on any atom is 0.185 e. The highest BCUT2D eigenvalue weighted by molar-refractivity contribution is 5.84. The molecule has 0 aliphatic rings. The highest BCUT2D eigenvalue weighted by atomic mass is 16.5. The molecule has 0 saturated carbocycles. The summed E-state index contributed by atoms with van der Waals surface area (Å²) in [6, 6.07) is 3.56. The maximum absolute atomic E-state index is 10.7. The van der Waals surface area contributed by atoms with Gasteiger partial charge in [-0.05, 0) is 19.1 Å². The summed E-state index contributed by atoms with van der Waals surface area (Å²) in [5.41, 5.74) is 1.53. The third kappa shape index (κ3) is 1.95. The van der Waals surface area contributed by atoms with E-state index >= 15 is 0 Å². The second kappa shape index (κ2) is 4.61. The van der Waals surface area contributed by atoms with Crippen molar-refractivity contribution in [2.45, 2.75) is 6.92 Å². The molecule has 0 aliphatic carbocycles. The molecule has 2 rings (SSSR count). The van der Waals surface area contributed by atoms with E-state index < -0.39 is 0 Å². The second-order valence-corrected chi connectivity index (χ2v) is 3.16. The number of rotatable bonds is 4. The maximum atomic E-state index is 10.7. The van der Waals surface area contributed by atoms with Gasteiger partial charge in [0.15, 0.2) is 12.0 Å². The SMILES string of the molecule is CCOc1cncc(-c2ccoc2C=O)c1. The van der Waals surface area contributed by atoms with Crippen LogP contribution in [0.5, 0.6) is 5.75 Å². The van der Waals surface area contributed by atoms with Gasteiger partial charge < -0.3 is 9.15 Å². The van der Waals surface area contributed by atoms with E-state index in [0.717, 1.165) is 11.1 Å². The quantitative estimate of drug-likeness (QED) is 0.738. The second-order valence-electron chi connectivity index (χ2n) is 3.16. The first-order valence-electron chi connectivity index (χ1n) is 4.96. The Morgan fingerprint density at radius 1 is 1.50 bits per heavy atom. The molecule has 0 amide bonds. The molecule has 0 bridgehead atoms. The van der Waals surface area contributed by atoms with Crippen molar-refractivity contribution >= 4 is 6.29 Å². The highest BCUT2D eigenvalue weighted by Gasteiger charge is 2.08. The Hall–Kier alpha value is -2.10. The van der Waals surface area contributed by atoms with Gasteiger partial charge in [0.25, 0.3) is 0 Å². The fourth-order valence-electron chi connectivity index (χ4n) is 1.46. The van der Waals surface area contributed by atoms with E-state index in [1.165, 1.54) is 6.26 Å². The predicted octanol–water partition coefficient (Wildman–Crippen LogP) is 2.55. The third-order valence-electron chi connectivity index (χ3n) is 2.14. The van der Waals surface area contributed by atoms with Crippen molar-refractivity contribution < 1.29 is 13.9 Å². The van der Waals surface area contributed by atoms with Crippen LogP contribution < -0.4 is 4.74 Å². The van der Waals surface area contributed by atoms with Crippen molar-refractivity contribution in [1.29, 1.82) is 0 Å². The van der Waals surface area contributed by atoms with Crippen LogP contribution in [0.15, 0.2) is 35.2 Å². The molecule has 0 atom stereocenters. The molecule has 0 unspecified atom stereocenters. The van der Waals surface area contributed by atoms with Gasteiger partial charge in [0.2, 0.25) is 0 Å². The third-order valence-corrected chi connectivity index (χ3v) is 2.14. The fourth-order valence-corrected chi connectivity index (χ4v) is 1.46. The topological polar surface area (TPSA) is 52.3 Å². The largest absolute Gasteiger partial charge is 0.492 e. The first-order chi connectivity index (χ1) is 7.85. The summed E-state index contributed by atoms with van der Waals surface area (Å²) in [6.07, 6.45) is 5.46. The minimum Gasteiger partial charge on any atom is -0.492 e. The van der Waals surface area contributed by atoms with Gasteiger partial charge in [-0.25, -0.2) is 0 Å². The molecular formula is C12H11NO3. The molecule has 2 heterocycles. The summed E-state index contributed by atoms with van der Waals surface area (Å²) in [5.74, 6) is 0.980. The molecule has 4 nitrogen and oxygen atoms in total. The molecule has 4 heteroatoms. The summed E-state index contributed by atoms with van der Waals surface area (Å²) >= 11 is 0. The summed E-state index contributed by atoms with van der Waals surface area (Å²) in [7, 11) is 0. The molecule has 2 aromatic heterocycles. The summed E-state index contributed by atoms with van der Waals surface area (Å²) in [6.45, 7) is 2.48. The van der Waals surface area contributed by atoms with E-state index in [2.05, 4.69) is 4.98 Å². The Bertz CT molecular complexity index is 491. The Labute approximate surface area is 92.9 Å². The van der Waals surface area contributed by atoms with Crippen LogP contribution >= 0.6 is 0 Å². The molecule has 16 heavy (non-hydrogen) atoms. The lowest BCUT2D eigenvalue weighted by Gasteiger charge is -2.04. The number of ether oxygens (including phenoxy) is 1. The van der Waals surface area contributed by atoms with Crippen LogP contribution in [-0.2, 0) is 0 Å². The van der Waals surface area contributed by atoms with Gasteiger partial charge in [0.05, 0.1) is 19.1 Å². The van der Waals surface area contributed by atoms with E-state index in [4.69, 9.17) is 9.15 Å². The van der Waals surface area contributed by atoms with Crippen LogP contribution in [0.2, 0.25) is 0 Å². The lowest BCUT2D eigenvalue weighted by atomic mass is 10.1. The van der Waals surface area contributed by atoms with Crippen LogP contribution in [0, 0.1) is 0 Å². The normalized spacial score (nSPS) is 10.1. The molecule has 0 spiro atoms. The Morgan fingerprint density at radius 3 is 3.12 bits per heavy atom. The van der Waals surface area contributed by atoms with Gasteiger partial charge in [-0.3, -0.25) is 9.78 Å². The monoisotopic (exact) mass is 217 g/mol. The van der Waals surface area contributed by atoms with Crippen LogP contribution in [0.25, 0.3) is 11.1 Å². The number of carbonyl (C=O) groups is 1. The van der Waals surface area contributed by atoms with Crippen molar-refractivity contribution in [3.8, 4) is 16.9 Å². The fraction of sp³-hybridized carbons (Fsp3) is 0.167. The zero-order valence-corrected chi connectivity index (χ0v) is 8.84. The van der Waals surface area contributed by atoms with Crippen LogP contribution in [-0.4, -0.2) is 17.9 Å². The van der Waals surface area contributed by atoms with E-state index in [9.17, 15) is 4.79 Å². The summed E-state index contributed by atoms with van der Waals surface area (Å²) < 4.78 is 10.4. The molecule has 0 aliphatic heterocycles. The van der Waals surface area contributed by atoms with Gasteiger partial charge in [-0.15, -0.1) is 0 Å². The number of aromatic nitrogens is 1. The minimum atomic E-state index is 0.301. The van der Waals surface area contributed by atoms with E-state index in [1.54, 1.807) is 18.5 Å². The zero-order valence-electron chi connectivity index (χ0n) is 8.84. The molecule has 0 N–H and O–H groups in total. The molecule has 82 valence electrons. The first-order valence-corrected chi connectivity index (χ1v) is 4.96. The molecular weight excluding hydrogens is 206 g/mol. The van der Waals surface area contributed by atoms with E-state index in [0.29, 0.717) is 24.4 Å². The number of pyridine rings is 1. The molecule has 0 aromatic carbocycles. The molecule has 0 radical (unpaired) electrons. The number of hydrogen-bond donors (Lipinski definition) is 0. The van der Waals surface area contributed by atoms with Crippen molar-refractivity contribution in [2.24, 2.45) is 0 Å². The number of carbonyl (C=O) groups excluding carboxylic acids is 1. The van der Waals surface area contributed by atoms with E-state index in [1.807, 2.05) is 13.0 Å². The summed E-state index contributed by atoms with van der Waals surface area (Å²) in [5, 5.41) is 0. The van der Waals surface area contributed by atoms with Crippen molar-refractivity contribution in [3.63, 3.8) is 0 Å². The van der Waals surface area contributed by atoms with Crippen LogP contribution in [0.4, 0.5) is 0 Å². The van der Waals surface area contributed by atoms with Gasteiger partial charge in [-0.1, -0.05) is 0 Å². The van der Waals surface area contributed by atoms with Gasteiger partial charge >= 0.3 is 0 Å². The minimum absolute atomic E-state index is 0.301. The average molecular weight is 217 g/mol. The Balaban J connectivity index is 2.40. The number of nitrogens with zero attached hydrogens (tertiary/aromatic N) is 1. The van der Waals surface area contributed by atoms with E-state index in [-0.39, 0.29) is 0 Å². The Kier molecular flexibility index (Phi) is 3.00. The average Bonchev–Trinajstić information content (AvgIpc) is 2.78. The lowest BCUT2D eigenvalue weighted by molar-refractivity contribution is 0.110. The summed E-state index contributed by atoms with van der Waals surface area (Å²) in [4.78, 5) is 14.8. The molecule has 0 saturated heterocycles. The number of furan rings is 1. The standard InChI is InChI=1S/C12H11NO3/c1-2-15-10-5-9(6-13-7-10)11-3-4-16-12(11)8-14/h3-8H,2H2,1H3. The van der Waals surface area contributed by atoms with Crippen molar-refractivity contribution in [3.05, 3.63) is 36.5 Å². The van der Waals surface area contributed by atoms with Gasteiger partial charge in [-0.2, -0.15) is 0 Å². The first kappa shape index (κ1) is 10.4. The van der Waals surface area contributed by atoms with Crippen LogP contribution in [0.1, 0.15) is 17.5 Å². The van der Waals surface area contributed by atoms with Gasteiger partial charge in [0, 0.05) is 17.3 Å². The molecule has 0 fully saturated rings. The highest BCUT2D eigenvalue weighted by Crippen LogP contribution is 2.25. The van der Waals surface area contributed by atoms with Crippen LogP contribution in [0.3, 0.4) is 0 Å². The van der Waals surface area contributed by atoms with Gasteiger partial charge in [0.1, 0.15) is 5.75 Å². The van der Waals surface area contributed by atoms with Crippen molar-refractivity contribution in [2.75, 3.05) is 6.61 Å². The smallest absolute Gasteiger partial charge is 0.185 e. The Morgan fingerprint density at radius 2 is 2.38 bits per heavy atom. The zero-order chi connectivity index (χ0) is 11.4.